The van der Waals surface area contributed by atoms with Crippen LogP contribution in [0.15, 0.2) is 35.9 Å². The van der Waals surface area contributed by atoms with Gasteiger partial charge in [-0.2, -0.15) is 4.31 Å². The summed E-state index contributed by atoms with van der Waals surface area (Å²) in [4.78, 5) is 0. The third-order valence-corrected chi connectivity index (χ3v) is 5.72. The van der Waals surface area contributed by atoms with E-state index in [-0.39, 0.29) is 11.2 Å². The van der Waals surface area contributed by atoms with Crippen molar-refractivity contribution in [3.8, 4) is 0 Å². The van der Waals surface area contributed by atoms with Gasteiger partial charge in [0.2, 0.25) is 10.0 Å². The van der Waals surface area contributed by atoms with Crippen LogP contribution in [0.4, 0.5) is 5.69 Å². The van der Waals surface area contributed by atoms with Gasteiger partial charge in [0.25, 0.3) is 0 Å². The first kappa shape index (κ1) is 16.0. The van der Waals surface area contributed by atoms with E-state index in [0.717, 1.165) is 6.42 Å². The van der Waals surface area contributed by atoms with Crippen molar-refractivity contribution in [3.63, 3.8) is 0 Å². The molecule has 0 saturated carbocycles. The number of hydrogen-bond acceptors (Lipinski definition) is 3. The highest BCUT2D eigenvalue weighted by molar-refractivity contribution is 7.88. The Labute approximate surface area is 127 Å². The minimum Gasteiger partial charge on any atom is -0.398 e. The number of rotatable bonds is 3. The molecule has 0 aromatic heterocycles. The van der Waals surface area contributed by atoms with Crippen LogP contribution < -0.4 is 5.73 Å². The topological polar surface area (TPSA) is 63.4 Å². The summed E-state index contributed by atoms with van der Waals surface area (Å²) >= 11 is 0. The van der Waals surface area contributed by atoms with Crippen molar-refractivity contribution in [2.45, 2.75) is 32.9 Å². The van der Waals surface area contributed by atoms with Gasteiger partial charge in [-0.1, -0.05) is 50.6 Å². The van der Waals surface area contributed by atoms with Crippen LogP contribution in [-0.2, 0) is 15.8 Å². The second-order valence-electron chi connectivity index (χ2n) is 6.54. The molecule has 0 spiro atoms. The molecule has 0 radical (unpaired) electrons. The van der Waals surface area contributed by atoms with Gasteiger partial charge in [-0.25, -0.2) is 8.42 Å². The standard InChI is InChI=1S/C16H24N2O2S/c1-16(2,3)14-8-10-18(11-9-14)21(19,20)12-13-6-4-5-7-15(13)17/h4-8H,9-12,17H2,1-3H3. The minimum absolute atomic E-state index is 0.0294. The second kappa shape index (κ2) is 5.81. The van der Waals surface area contributed by atoms with Crippen LogP contribution in [0, 0.1) is 5.41 Å². The van der Waals surface area contributed by atoms with Gasteiger partial charge in [0.05, 0.1) is 5.75 Å². The molecule has 1 heterocycles. The lowest BCUT2D eigenvalue weighted by Gasteiger charge is -2.31. The van der Waals surface area contributed by atoms with Gasteiger partial charge in [0, 0.05) is 18.8 Å². The number of nitrogens with two attached hydrogens (primary N) is 1. The molecule has 1 aliphatic rings. The number of hydrogen-bond donors (Lipinski definition) is 1. The Morgan fingerprint density at radius 3 is 2.43 bits per heavy atom. The lowest BCUT2D eigenvalue weighted by molar-refractivity contribution is 0.389. The molecule has 2 N–H and O–H groups in total. The zero-order valence-electron chi connectivity index (χ0n) is 13.0. The zero-order chi connectivity index (χ0) is 15.7. The first-order valence-electron chi connectivity index (χ1n) is 7.21. The third-order valence-electron chi connectivity index (χ3n) is 3.92. The van der Waals surface area contributed by atoms with Crippen molar-refractivity contribution in [1.29, 1.82) is 0 Å². The van der Waals surface area contributed by atoms with Gasteiger partial charge in [0.1, 0.15) is 0 Å². The van der Waals surface area contributed by atoms with Crippen LogP contribution >= 0.6 is 0 Å². The summed E-state index contributed by atoms with van der Waals surface area (Å²) in [5.41, 5.74) is 8.48. The summed E-state index contributed by atoms with van der Waals surface area (Å²) in [5, 5.41) is 0. The Morgan fingerprint density at radius 1 is 1.24 bits per heavy atom. The van der Waals surface area contributed by atoms with Crippen LogP contribution in [0.5, 0.6) is 0 Å². The monoisotopic (exact) mass is 308 g/mol. The molecule has 0 atom stereocenters. The molecule has 1 aliphatic heterocycles. The van der Waals surface area contributed by atoms with E-state index in [2.05, 4.69) is 26.8 Å². The molecule has 0 unspecified atom stereocenters. The predicted octanol–water partition coefficient (Wildman–Crippen LogP) is 2.78. The Balaban J connectivity index is 2.12. The normalized spacial score (nSPS) is 17.6. The first-order chi connectivity index (χ1) is 9.70. The van der Waals surface area contributed by atoms with Crippen molar-refractivity contribution in [3.05, 3.63) is 41.5 Å². The number of para-hydroxylation sites is 1. The number of nitrogen functional groups attached to an aromatic ring is 1. The van der Waals surface area contributed by atoms with E-state index in [1.165, 1.54) is 5.57 Å². The van der Waals surface area contributed by atoms with Crippen LogP contribution in [0.1, 0.15) is 32.8 Å². The lowest BCUT2D eigenvalue weighted by Crippen LogP contribution is -2.37. The summed E-state index contributed by atoms with van der Waals surface area (Å²) in [7, 11) is -3.32. The molecule has 0 bridgehead atoms. The highest BCUT2D eigenvalue weighted by Gasteiger charge is 2.28. The van der Waals surface area contributed by atoms with Gasteiger partial charge < -0.3 is 5.73 Å². The van der Waals surface area contributed by atoms with Gasteiger partial charge in [-0.15, -0.1) is 0 Å². The Bertz CT molecular complexity index is 642. The maximum atomic E-state index is 12.5. The highest BCUT2D eigenvalue weighted by atomic mass is 32.2. The fraction of sp³-hybridized carbons (Fsp3) is 0.500. The number of anilines is 1. The zero-order valence-corrected chi connectivity index (χ0v) is 13.8. The Morgan fingerprint density at radius 2 is 1.90 bits per heavy atom. The SMILES string of the molecule is CC(C)(C)C1=CCN(S(=O)(=O)Cc2ccccc2N)CC1. The van der Waals surface area contributed by atoms with Crippen LogP contribution in [-0.4, -0.2) is 25.8 Å². The summed E-state index contributed by atoms with van der Waals surface area (Å²) in [5.74, 6) is -0.0294. The maximum absolute atomic E-state index is 12.5. The van der Waals surface area contributed by atoms with Crippen LogP contribution in [0.25, 0.3) is 0 Å². The van der Waals surface area contributed by atoms with E-state index in [9.17, 15) is 8.42 Å². The van der Waals surface area contributed by atoms with Crippen molar-refractivity contribution in [2.75, 3.05) is 18.8 Å². The average molecular weight is 308 g/mol. The largest absolute Gasteiger partial charge is 0.398 e. The quantitative estimate of drug-likeness (QED) is 0.690. The predicted molar refractivity (Wildman–Crippen MR) is 87.2 cm³/mol. The van der Waals surface area contributed by atoms with E-state index >= 15 is 0 Å². The first-order valence-corrected chi connectivity index (χ1v) is 8.82. The Kier molecular flexibility index (Phi) is 4.44. The van der Waals surface area contributed by atoms with Crippen molar-refractivity contribution in [2.24, 2.45) is 5.41 Å². The van der Waals surface area contributed by atoms with Crippen molar-refractivity contribution >= 4 is 15.7 Å². The maximum Gasteiger partial charge on any atom is 0.218 e. The van der Waals surface area contributed by atoms with Crippen LogP contribution in [0.3, 0.4) is 0 Å². The minimum atomic E-state index is -3.32. The lowest BCUT2D eigenvalue weighted by atomic mass is 9.83. The van der Waals surface area contributed by atoms with Crippen molar-refractivity contribution in [1.82, 2.24) is 4.31 Å². The Hall–Kier alpha value is -1.33. The smallest absolute Gasteiger partial charge is 0.218 e. The van der Waals surface area contributed by atoms with Crippen molar-refractivity contribution < 1.29 is 8.42 Å². The van der Waals surface area contributed by atoms with Gasteiger partial charge >= 0.3 is 0 Å². The van der Waals surface area contributed by atoms with Crippen LogP contribution in [0.2, 0.25) is 0 Å². The van der Waals surface area contributed by atoms with E-state index in [1.54, 1.807) is 16.4 Å². The summed E-state index contributed by atoms with van der Waals surface area (Å²) in [6.45, 7) is 7.49. The molecule has 2 rings (SSSR count). The number of benzene rings is 1. The van der Waals surface area contributed by atoms with Gasteiger partial charge in [0.15, 0.2) is 0 Å². The molecule has 5 heteroatoms. The molecule has 1 aromatic carbocycles. The molecule has 0 aliphatic carbocycles. The molecule has 1 aromatic rings. The molecular formula is C16H24N2O2S. The number of sulfonamides is 1. The highest BCUT2D eigenvalue weighted by Crippen LogP contribution is 2.31. The van der Waals surface area contributed by atoms with E-state index in [1.807, 2.05) is 12.1 Å². The van der Waals surface area contributed by atoms with Gasteiger partial charge in [-0.05, 0) is 23.5 Å². The molecule has 4 nitrogen and oxygen atoms in total. The summed E-state index contributed by atoms with van der Waals surface area (Å²) in [6.07, 6.45) is 2.85. The average Bonchev–Trinajstić information content (AvgIpc) is 2.40. The molecule has 0 fully saturated rings. The fourth-order valence-electron chi connectivity index (χ4n) is 2.54. The molecule has 0 saturated heterocycles. The summed E-state index contributed by atoms with van der Waals surface area (Å²) < 4.78 is 26.6. The van der Waals surface area contributed by atoms with Gasteiger partial charge in [-0.3, -0.25) is 0 Å². The fourth-order valence-corrected chi connectivity index (χ4v) is 4.05. The van der Waals surface area contributed by atoms with E-state index in [4.69, 9.17) is 5.73 Å². The molecule has 21 heavy (non-hydrogen) atoms. The summed E-state index contributed by atoms with van der Waals surface area (Å²) in [6, 6.07) is 7.13. The van der Waals surface area contributed by atoms with E-state index in [0.29, 0.717) is 24.3 Å². The number of nitrogens with zero attached hydrogens (tertiary/aromatic N) is 1. The second-order valence-corrected chi connectivity index (χ2v) is 8.51. The molecule has 0 amide bonds. The third kappa shape index (κ3) is 3.86. The molecule has 116 valence electrons. The molecular weight excluding hydrogens is 284 g/mol. The van der Waals surface area contributed by atoms with E-state index < -0.39 is 10.0 Å².